The molecule has 0 bridgehead atoms. The molecule has 1 aliphatic rings. The van der Waals surface area contributed by atoms with E-state index < -0.39 is 10.7 Å². The van der Waals surface area contributed by atoms with E-state index in [4.69, 9.17) is 0 Å². The van der Waals surface area contributed by atoms with Crippen molar-refractivity contribution in [3.05, 3.63) is 34.1 Å². The number of rotatable bonds is 3. The van der Waals surface area contributed by atoms with Crippen molar-refractivity contribution in [2.24, 2.45) is 0 Å². The first-order chi connectivity index (χ1) is 7.68. The fourth-order valence-electron chi connectivity index (χ4n) is 1.79. The van der Waals surface area contributed by atoms with Crippen molar-refractivity contribution in [2.45, 2.75) is 12.5 Å². The molecule has 1 fully saturated rings. The molecule has 2 N–H and O–H groups in total. The van der Waals surface area contributed by atoms with Gasteiger partial charge in [-0.2, -0.15) is 0 Å². The highest BCUT2D eigenvalue weighted by Crippen LogP contribution is 2.28. The Morgan fingerprint density at radius 2 is 2.38 bits per heavy atom. The molecule has 0 radical (unpaired) electrons. The Morgan fingerprint density at radius 1 is 1.56 bits per heavy atom. The van der Waals surface area contributed by atoms with Gasteiger partial charge in [0.2, 0.25) is 0 Å². The molecular formula is C10H12FN3O2. The van der Waals surface area contributed by atoms with Crippen LogP contribution in [0.4, 0.5) is 15.8 Å². The van der Waals surface area contributed by atoms with E-state index in [-0.39, 0.29) is 17.4 Å². The first-order valence-electron chi connectivity index (χ1n) is 5.08. The van der Waals surface area contributed by atoms with E-state index in [0.29, 0.717) is 6.54 Å². The molecule has 86 valence electrons. The summed E-state index contributed by atoms with van der Waals surface area (Å²) in [7, 11) is 0. The Kier molecular flexibility index (Phi) is 3.00. The summed E-state index contributed by atoms with van der Waals surface area (Å²) in [6, 6.07) is 3.91. The first-order valence-corrected chi connectivity index (χ1v) is 5.08. The van der Waals surface area contributed by atoms with Crippen molar-refractivity contribution in [2.75, 3.05) is 18.4 Å². The molecule has 0 aliphatic carbocycles. The van der Waals surface area contributed by atoms with Crippen molar-refractivity contribution in [1.29, 1.82) is 0 Å². The van der Waals surface area contributed by atoms with Gasteiger partial charge in [0.05, 0.1) is 4.92 Å². The van der Waals surface area contributed by atoms with Crippen LogP contribution in [0.15, 0.2) is 18.2 Å². The second kappa shape index (κ2) is 4.44. The number of hydrogen-bond donors (Lipinski definition) is 2. The monoisotopic (exact) mass is 225 g/mol. The average molecular weight is 225 g/mol. The van der Waals surface area contributed by atoms with Crippen LogP contribution >= 0.6 is 0 Å². The summed E-state index contributed by atoms with van der Waals surface area (Å²) in [5.41, 5.74) is -0.229. The molecule has 1 aliphatic heterocycles. The van der Waals surface area contributed by atoms with E-state index in [1.807, 2.05) is 0 Å². The Bertz CT molecular complexity index is 405. The number of nitro groups is 1. The Morgan fingerprint density at radius 3 is 3.00 bits per heavy atom. The fourth-order valence-corrected chi connectivity index (χ4v) is 1.79. The molecule has 0 saturated carbocycles. The zero-order valence-corrected chi connectivity index (χ0v) is 8.57. The highest BCUT2D eigenvalue weighted by Gasteiger charge is 2.22. The summed E-state index contributed by atoms with van der Waals surface area (Å²) >= 11 is 0. The summed E-state index contributed by atoms with van der Waals surface area (Å²) in [6.07, 6.45) is 0.839. The van der Waals surface area contributed by atoms with Crippen molar-refractivity contribution >= 4 is 11.4 Å². The van der Waals surface area contributed by atoms with Crippen molar-refractivity contribution in [1.82, 2.24) is 5.32 Å². The maximum atomic E-state index is 13.5. The van der Waals surface area contributed by atoms with Crippen LogP contribution in [0.5, 0.6) is 0 Å². The number of nitrogens with one attached hydrogen (secondary N) is 2. The minimum atomic E-state index is -0.582. The molecule has 16 heavy (non-hydrogen) atoms. The summed E-state index contributed by atoms with van der Waals surface area (Å²) in [6.45, 7) is 1.55. The van der Waals surface area contributed by atoms with Gasteiger partial charge in [-0.25, -0.2) is 4.39 Å². The molecule has 5 nitrogen and oxygen atoms in total. The van der Waals surface area contributed by atoms with Gasteiger partial charge in [-0.1, -0.05) is 6.07 Å². The van der Waals surface area contributed by atoms with Gasteiger partial charge in [-0.3, -0.25) is 10.1 Å². The minimum absolute atomic E-state index is 0.0128. The lowest BCUT2D eigenvalue weighted by atomic mass is 10.2. The van der Waals surface area contributed by atoms with Gasteiger partial charge in [-0.15, -0.1) is 0 Å². The van der Waals surface area contributed by atoms with E-state index >= 15 is 0 Å². The predicted octanol–water partition coefficient (Wildman–Crippen LogP) is 1.51. The highest BCUT2D eigenvalue weighted by molar-refractivity contribution is 5.62. The smallest absolute Gasteiger partial charge is 0.295 e. The molecule has 1 aromatic carbocycles. The van der Waals surface area contributed by atoms with Crippen LogP contribution in [-0.4, -0.2) is 24.1 Å². The summed E-state index contributed by atoms with van der Waals surface area (Å²) < 4.78 is 13.5. The number of hydrogen-bond acceptors (Lipinski definition) is 4. The minimum Gasteiger partial charge on any atom is -0.373 e. The van der Waals surface area contributed by atoms with Crippen LogP contribution < -0.4 is 10.6 Å². The van der Waals surface area contributed by atoms with Gasteiger partial charge in [0.25, 0.3) is 5.69 Å². The van der Waals surface area contributed by atoms with Gasteiger partial charge in [-0.05, 0) is 19.0 Å². The molecule has 1 atom stereocenters. The molecule has 1 saturated heterocycles. The quantitative estimate of drug-likeness (QED) is 0.604. The molecule has 1 aromatic rings. The zero-order valence-electron chi connectivity index (χ0n) is 8.57. The van der Waals surface area contributed by atoms with Crippen LogP contribution in [0.3, 0.4) is 0 Å². The third-order valence-corrected chi connectivity index (χ3v) is 2.60. The highest BCUT2D eigenvalue weighted by atomic mass is 19.1. The number of halogens is 1. The Balaban J connectivity index is 2.26. The van der Waals surface area contributed by atoms with Crippen LogP contribution in [0.2, 0.25) is 0 Å². The second-order valence-corrected chi connectivity index (χ2v) is 3.73. The molecule has 0 amide bonds. The summed E-state index contributed by atoms with van der Waals surface area (Å²) in [4.78, 5) is 10.2. The maximum absolute atomic E-state index is 13.5. The number of para-hydroxylation sites is 1. The number of benzene rings is 1. The first kappa shape index (κ1) is 10.8. The Labute approximate surface area is 91.8 Å². The molecule has 0 aromatic heterocycles. The molecular weight excluding hydrogens is 213 g/mol. The van der Waals surface area contributed by atoms with Crippen LogP contribution in [0.25, 0.3) is 0 Å². The summed E-state index contributed by atoms with van der Waals surface area (Å²) in [5, 5.41) is 16.7. The number of nitrogens with zero attached hydrogens (tertiary/aromatic N) is 1. The van der Waals surface area contributed by atoms with E-state index in [1.165, 1.54) is 18.2 Å². The normalized spacial score (nSPS) is 19.7. The molecule has 0 spiro atoms. The number of anilines is 1. The lowest BCUT2D eigenvalue weighted by molar-refractivity contribution is -0.384. The van der Waals surface area contributed by atoms with Crippen molar-refractivity contribution in [3.63, 3.8) is 0 Å². The molecule has 1 unspecified atom stereocenters. The van der Waals surface area contributed by atoms with E-state index in [9.17, 15) is 14.5 Å². The van der Waals surface area contributed by atoms with Crippen LogP contribution in [-0.2, 0) is 0 Å². The maximum Gasteiger partial charge on any atom is 0.295 e. The van der Waals surface area contributed by atoms with Gasteiger partial charge in [0.1, 0.15) is 5.69 Å². The van der Waals surface area contributed by atoms with Crippen LogP contribution in [0, 0.1) is 15.9 Å². The predicted molar refractivity (Wildman–Crippen MR) is 58.0 cm³/mol. The third kappa shape index (κ3) is 2.11. The zero-order chi connectivity index (χ0) is 11.5. The second-order valence-electron chi connectivity index (χ2n) is 3.73. The van der Waals surface area contributed by atoms with Crippen molar-refractivity contribution in [3.8, 4) is 0 Å². The van der Waals surface area contributed by atoms with Gasteiger partial charge in [0, 0.05) is 18.7 Å². The Hall–Kier alpha value is -1.69. The largest absolute Gasteiger partial charge is 0.373 e. The number of nitro benzene ring substituents is 1. The van der Waals surface area contributed by atoms with Gasteiger partial charge >= 0.3 is 0 Å². The topological polar surface area (TPSA) is 67.2 Å². The standard InChI is InChI=1S/C10H12FN3O2/c11-8-2-1-3-9(14(15)16)10(8)13-7-4-5-12-6-7/h1-3,7,12-13H,4-6H2. The SMILES string of the molecule is O=[N+]([O-])c1cccc(F)c1NC1CCNC1. The molecule has 6 heteroatoms. The van der Waals surface area contributed by atoms with Gasteiger partial charge < -0.3 is 10.6 Å². The van der Waals surface area contributed by atoms with Crippen molar-refractivity contribution < 1.29 is 9.31 Å². The third-order valence-electron chi connectivity index (χ3n) is 2.60. The molecule has 1 heterocycles. The fraction of sp³-hybridized carbons (Fsp3) is 0.400. The lowest BCUT2D eigenvalue weighted by Gasteiger charge is -2.13. The van der Waals surface area contributed by atoms with Gasteiger partial charge in [0.15, 0.2) is 5.82 Å². The van der Waals surface area contributed by atoms with E-state index in [2.05, 4.69) is 10.6 Å². The lowest BCUT2D eigenvalue weighted by Crippen LogP contribution is -2.23. The van der Waals surface area contributed by atoms with E-state index in [1.54, 1.807) is 0 Å². The average Bonchev–Trinajstić information content (AvgIpc) is 2.73. The van der Waals surface area contributed by atoms with E-state index in [0.717, 1.165) is 13.0 Å². The molecule has 2 rings (SSSR count). The summed E-state index contributed by atoms with van der Waals surface area (Å²) in [5.74, 6) is -0.582. The van der Waals surface area contributed by atoms with Crippen LogP contribution in [0.1, 0.15) is 6.42 Å².